The third-order valence-electron chi connectivity index (χ3n) is 4.60. The second-order valence-electron chi connectivity index (χ2n) is 6.04. The van der Waals surface area contributed by atoms with Crippen LogP contribution in [0.25, 0.3) is 16.8 Å². The van der Waals surface area contributed by atoms with Crippen LogP contribution in [0.2, 0.25) is 5.15 Å². The zero-order chi connectivity index (χ0) is 16.5. The number of benzene rings is 1. The van der Waals surface area contributed by atoms with Gasteiger partial charge in [-0.1, -0.05) is 23.7 Å². The van der Waals surface area contributed by atoms with Crippen molar-refractivity contribution < 1.29 is 4.74 Å². The number of fused-ring (bicyclic) bond motifs is 1. The van der Waals surface area contributed by atoms with Crippen molar-refractivity contribution in [3.05, 3.63) is 47.4 Å². The Morgan fingerprint density at radius 3 is 2.79 bits per heavy atom. The molecule has 0 bridgehead atoms. The molecule has 1 atom stereocenters. The van der Waals surface area contributed by atoms with Crippen LogP contribution in [-0.2, 0) is 0 Å². The molecule has 4 rings (SSSR count). The number of ether oxygens (including phenoxy) is 1. The van der Waals surface area contributed by atoms with Gasteiger partial charge in [0.25, 0.3) is 0 Å². The van der Waals surface area contributed by atoms with Gasteiger partial charge in [0.05, 0.1) is 18.4 Å². The summed E-state index contributed by atoms with van der Waals surface area (Å²) in [5.74, 6) is 1.25. The van der Waals surface area contributed by atoms with Gasteiger partial charge in [-0.25, -0.2) is 9.50 Å². The first-order chi connectivity index (χ1) is 11.8. The minimum atomic E-state index is 0.434. The molecule has 5 nitrogen and oxygen atoms in total. The SMILES string of the molecule is COc1ccc(-c2c(Cl)nn3c(C4CCCNC4)ccnc23)cc1. The molecule has 1 aliphatic rings. The van der Waals surface area contributed by atoms with Gasteiger partial charge in [-0.2, -0.15) is 5.10 Å². The molecular weight excluding hydrogens is 324 g/mol. The Kier molecular flexibility index (Phi) is 4.12. The van der Waals surface area contributed by atoms with Crippen molar-refractivity contribution in [1.82, 2.24) is 19.9 Å². The molecule has 0 aliphatic carbocycles. The van der Waals surface area contributed by atoms with E-state index in [1.807, 2.05) is 41.0 Å². The Morgan fingerprint density at radius 1 is 1.25 bits per heavy atom. The molecule has 0 spiro atoms. The Morgan fingerprint density at radius 2 is 2.08 bits per heavy atom. The summed E-state index contributed by atoms with van der Waals surface area (Å²) in [7, 11) is 1.66. The molecule has 1 unspecified atom stereocenters. The Hall–Kier alpha value is -2.11. The van der Waals surface area contributed by atoms with E-state index < -0.39 is 0 Å². The third kappa shape index (κ3) is 2.64. The van der Waals surface area contributed by atoms with E-state index in [1.165, 1.54) is 6.42 Å². The lowest BCUT2D eigenvalue weighted by Crippen LogP contribution is -2.29. The Balaban J connectivity index is 1.83. The molecule has 3 aromatic rings. The number of halogens is 1. The van der Waals surface area contributed by atoms with Gasteiger partial charge in [0.2, 0.25) is 0 Å². The first-order valence-electron chi connectivity index (χ1n) is 8.16. The maximum atomic E-state index is 6.47. The van der Waals surface area contributed by atoms with Crippen molar-refractivity contribution in [1.29, 1.82) is 0 Å². The number of methoxy groups -OCH3 is 1. The average molecular weight is 343 g/mol. The van der Waals surface area contributed by atoms with Crippen LogP contribution in [0.1, 0.15) is 24.5 Å². The van der Waals surface area contributed by atoms with Gasteiger partial charge < -0.3 is 10.1 Å². The van der Waals surface area contributed by atoms with Crippen molar-refractivity contribution in [3.63, 3.8) is 0 Å². The van der Waals surface area contributed by atoms with Gasteiger partial charge in [-0.3, -0.25) is 0 Å². The van der Waals surface area contributed by atoms with E-state index >= 15 is 0 Å². The fraction of sp³-hybridized carbons (Fsp3) is 0.333. The molecule has 0 saturated carbocycles. The summed E-state index contributed by atoms with van der Waals surface area (Å²) in [6.45, 7) is 2.05. The molecule has 124 valence electrons. The summed E-state index contributed by atoms with van der Waals surface area (Å²) in [5, 5.41) is 8.50. The lowest BCUT2D eigenvalue weighted by Gasteiger charge is -2.23. The van der Waals surface area contributed by atoms with Gasteiger partial charge in [0, 0.05) is 18.7 Å². The van der Waals surface area contributed by atoms with E-state index in [9.17, 15) is 0 Å². The molecule has 1 saturated heterocycles. The zero-order valence-electron chi connectivity index (χ0n) is 13.5. The van der Waals surface area contributed by atoms with Crippen LogP contribution in [0.4, 0.5) is 0 Å². The molecule has 1 aromatic carbocycles. The Bertz CT molecular complexity index is 853. The minimum absolute atomic E-state index is 0.434. The number of rotatable bonds is 3. The molecule has 24 heavy (non-hydrogen) atoms. The summed E-state index contributed by atoms with van der Waals surface area (Å²) in [5.41, 5.74) is 3.81. The van der Waals surface area contributed by atoms with Crippen molar-refractivity contribution in [2.75, 3.05) is 20.2 Å². The summed E-state index contributed by atoms with van der Waals surface area (Å²) in [6.07, 6.45) is 4.18. The molecule has 1 fully saturated rings. The summed E-state index contributed by atoms with van der Waals surface area (Å²) in [4.78, 5) is 4.54. The highest BCUT2D eigenvalue weighted by atomic mass is 35.5. The van der Waals surface area contributed by atoms with E-state index in [2.05, 4.69) is 15.4 Å². The smallest absolute Gasteiger partial charge is 0.164 e. The van der Waals surface area contributed by atoms with E-state index in [-0.39, 0.29) is 0 Å². The zero-order valence-corrected chi connectivity index (χ0v) is 14.3. The van der Waals surface area contributed by atoms with Crippen molar-refractivity contribution in [2.45, 2.75) is 18.8 Å². The lowest BCUT2D eigenvalue weighted by molar-refractivity contribution is 0.415. The fourth-order valence-electron chi connectivity index (χ4n) is 3.36. The first-order valence-corrected chi connectivity index (χ1v) is 8.54. The largest absolute Gasteiger partial charge is 0.497 e. The third-order valence-corrected chi connectivity index (χ3v) is 4.86. The van der Waals surface area contributed by atoms with Crippen molar-refractivity contribution >= 4 is 17.2 Å². The van der Waals surface area contributed by atoms with Crippen molar-refractivity contribution in [3.8, 4) is 16.9 Å². The molecular formula is C18H19ClN4O. The maximum Gasteiger partial charge on any atom is 0.164 e. The highest BCUT2D eigenvalue weighted by Gasteiger charge is 2.22. The van der Waals surface area contributed by atoms with Gasteiger partial charge in [0.15, 0.2) is 10.8 Å². The first kappa shape index (κ1) is 15.4. The number of nitrogens with zero attached hydrogens (tertiary/aromatic N) is 3. The van der Waals surface area contributed by atoms with Crippen LogP contribution in [0.5, 0.6) is 5.75 Å². The van der Waals surface area contributed by atoms with Crippen LogP contribution < -0.4 is 10.1 Å². The van der Waals surface area contributed by atoms with Gasteiger partial charge in [-0.15, -0.1) is 0 Å². The summed E-state index contributed by atoms with van der Waals surface area (Å²) < 4.78 is 7.13. The molecule has 2 aromatic heterocycles. The van der Waals surface area contributed by atoms with E-state index in [0.717, 1.165) is 47.7 Å². The predicted octanol–water partition coefficient (Wildman–Crippen LogP) is 3.53. The second kappa shape index (κ2) is 6.42. The molecule has 1 aliphatic heterocycles. The van der Waals surface area contributed by atoms with Crippen LogP contribution in [-0.4, -0.2) is 34.8 Å². The Labute approximate surface area is 145 Å². The van der Waals surface area contributed by atoms with E-state index in [4.69, 9.17) is 16.3 Å². The van der Waals surface area contributed by atoms with Crippen LogP contribution in [0, 0.1) is 0 Å². The average Bonchev–Trinajstić information content (AvgIpc) is 2.98. The summed E-state index contributed by atoms with van der Waals surface area (Å²) >= 11 is 6.47. The van der Waals surface area contributed by atoms with Crippen LogP contribution >= 0.6 is 11.6 Å². The minimum Gasteiger partial charge on any atom is -0.497 e. The number of hydrogen-bond acceptors (Lipinski definition) is 4. The molecule has 1 N–H and O–H groups in total. The molecule has 0 amide bonds. The normalized spacial score (nSPS) is 18.0. The number of aromatic nitrogens is 3. The van der Waals surface area contributed by atoms with E-state index in [1.54, 1.807) is 7.11 Å². The summed E-state index contributed by atoms with van der Waals surface area (Å²) in [6, 6.07) is 9.86. The number of nitrogens with one attached hydrogen (secondary N) is 1. The highest BCUT2D eigenvalue weighted by molar-refractivity contribution is 6.33. The lowest BCUT2D eigenvalue weighted by atomic mass is 9.96. The van der Waals surface area contributed by atoms with Gasteiger partial charge in [-0.05, 0) is 43.1 Å². The van der Waals surface area contributed by atoms with Crippen molar-refractivity contribution in [2.24, 2.45) is 0 Å². The standard InChI is InChI=1S/C18H19ClN4O/c1-24-14-6-4-12(5-7-14)16-17(19)22-23-15(8-10-21-18(16)23)13-3-2-9-20-11-13/h4-8,10,13,20H,2-3,9,11H2,1H3. The predicted molar refractivity (Wildman–Crippen MR) is 94.8 cm³/mol. The van der Waals surface area contributed by atoms with Crippen LogP contribution in [0.3, 0.4) is 0 Å². The van der Waals surface area contributed by atoms with E-state index in [0.29, 0.717) is 11.1 Å². The quantitative estimate of drug-likeness (QED) is 0.791. The monoisotopic (exact) mass is 342 g/mol. The number of piperidine rings is 1. The maximum absolute atomic E-state index is 6.47. The fourth-order valence-corrected chi connectivity index (χ4v) is 3.63. The molecule has 6 heteroatoms. The highest BCUT2D eigenvalue weighted by Crippen LogP contribution is 2.34. The van der Waals surface area contributed by atoms with Gasteiger partial charge >= 0.3 is 0 Å². The topological polar surface area (TPSA) is 51.5 Å². The second-order valence-corrected chi connectivity index (χ2v) is 6.40. The molecule has 3 heterocycles. The number of hydrogen-bond donors (Lipinski definition) is 1. The van der Waals surface area contributed by atoms with Crippen LogP contribution in [0.15, 0.2) is 36.5 Å². The van der Waals surface area contributed by atoms with Gasteiger partial charge in [0.1, 0.15) is 5.75 Å². The molecule has 0 radical (unpaired) electrons.